The summed E-state index contributed by atoms with van der Waals surface area (Å²) in [5.74, 6) is -0.609. The third kappa shape index (κ3) is 6.03. The summed E-state index contributed by atoms with van der Waals surface area (Å²) < 4.78 is 39.8. The van der Waals surface area contributed by atoms with Crippen molar-refractivity contribution < 1.29 is 22.7 Å². The van der Waals surface area contributed by atoms with Gasteiger partial charge in [-0.25, -0.2) is 0 Å². The number of rotatable bonds is 4. The Bertz CT molecular complexity index is 478. The third-order valence-corrected chi connectivity index (χ3v) is 2.84. The van der Waals surface area contributed by atoms with Gasteiger partial charge in [-0.15, -0.1) is 13.2 Å². The minimum absolute atomic E-state index is 0.189. The first-order valence-electron chi connectivity index (χ1n) is 6.37. The van der Waals surface area contributed by atoms with Gasteiger partial charge in [-0.3, -0.25) is 4.79 Å². The van der Waals surface area contributed by atoms with E-state index in [4.69, 9.17) is 5.73 Å². The van der Waals surface area contributed by atoms with Crippen LogP contribution in [0, 0.1) is 5.41 Å². The highest BCUT2D eigenvalue weighted by atomic mass is 19.4. The largest absolute Gasteiger partial charge is 0.573 e. The summed E-state index contributed by atoms with van der Waals surface area (Å²) in [5, 5.41) is 2.65. The number of ether oxygens (including phenoxy) is 1. The zero-order chi connectivity index (χ0) is 16.3. The van der Waals surface area contributed by atoms with Crippen LogP contribution in [0.4, 0.5) is 13.2 Å². The third-order valence-electron chi connectivity index (χ3n) is 2.84. The van der Waals surface area contributed by atoms with Gasteiger partial charge in [0.2, 0.25) is 5.91 Å². The van der Waals surface area contributed by atoms with Crippen molar-refractivity contribution in [1.82, 2.24) is 5.32 Å². The number of amides is 1. The Hall–Kier alpha value is -1.76. The van der Waals surface area contributed by atoms with Crippen LogP contribution in [0.15, 0.2) is 24.3 Å². The van der Waals surface area contributed by atoms with Crippen LogP contribution in [0.5, 0.6) is 5.75 Å². The highest BCUT2D eigenvalue weighted by Gasteiger charge is 2.31. The number of halogens is 3. The van der Waals surface area contributed by atoms with Crippen LogP contribution in [-0.4, -0.2) is 18.3 Å². The first kappa shape index (κ1) is 17.3. The molecule has 0 fully saturated rings. The van der Waals surface area contributed by atoms with E-state index in [1.807, 2.05) is 20.8 Å². The summed E-state index contributed by atoms with van der Waals surface area (Å²) in [7, 11) is 0. The second kappa shape index (κ2) is 6.34. The molecule has 0 aliphatic carbocycles. The summed E-state index contributed by atoms with van der Waals surface area (Å²) in [6, 6.07) is 4.62. The molecule has 1 amide bonds. The molecular weight excluding hydrogens is 285 g/mol. The molecule has 1 aromatic rings. The Morgan fingerprint density at radius 2 is 1.76 bits per heavy atom. The van der Waals surface area contributed by atoms with Crippen molar-refractivity contribution in [2.75, 3.05) is 0 Å². The van der Waals surface area contributed by atoms with Crippen molar-refractivity contribution in [2.24, 2.45) is 11.1 Å². The molecule has 0 saturated heterocycles. The Balaban J connectivity index is 2.55. The highest BCUT2D eigenvalue weighted by molar-refractivity contribution is 5.82. The number of alkyl halides is 3. The predicted octanol–water partition coefficient (Wildman–Crippen LogP) is 2.57. The van der Waals surface area contributed by atoms with Crippen molar-refractivity contribution in [3.05, 3.63) is 29.8 Å². The molecular formula is C14H19F3N2O2. The Morgan fingerprint density at radius 1 is 1.24 bits per heavy atom. The van der Waals surface area contributed by atoms with E-state index in [0.29, 0.717) is 5.56 Å². The number of hydrogen-bond donors (Lipinski definition) is 2. The molecule has 21 heavy (non-hydrogen) atoms. The number of benzene rings is 1. The van der Waals surface area contributed by atoms with E-state index in [-0.39, 0.29) is 23.6 Å². The van der Waals surface area contributed by atoms with Crippen molar-refractivity contribution in [2.45, 2.75) is 39.7 Å². The van der Waals surface area contributed by atoms with Gasteiger partial charge >= 0.3 is 6.36 Å². The van der Waals surface area contributed by atoms with Crippen molar-refractivity contribution >= 4 is 5.91 Å². The number of nitrogens with one attached hydrogen (secondary N) is 1. The van der Waals surface area contributed by atoms with E-state index in [2.05, 4.69) is 10.1 Å². The maximum absolute atomic E-state index is 12.0. The molecule has 0 aliphatic rings. The zero-order valence-corrected chi connectivity index (χ0v) is 12.1. The molecule has 0 saturated carbocycles. The lowest BCUT2D eigenvalue weighted by atomic mass is 9.87. The molecule has 1 aromatic carbocycles. The van der Waals surface area contributed by atoms with E-state index < -0.39 is 12.4 Å². The van der Waals surface area contributed by atoms with Crippen LogP contribution in [0.1, 0.15) is 26.3 Å². The fourth-order valence-electron chi connectivity index (χ4n) is 1.50. The summed E-state index contributed by atoms with van der Waals surface area (Å²) >= 11 is 0. The second-order valence-electron chi connectivity index (χ2n) is 5.75. The van der Waals surface area contributed by atoms with Crippen molar-refractivity contribution in [3.63, 3.8) is 0 Å². The minimum atomic E-state index is -4.71. The molecule has 0 heterocycles. The van der Waals surface area contributed by atoms with Crippen LogP contribution in [-0.2, 0) is 11.3 Å². The fraction of sp³-hybridized carbons (Fsp3) is 0.500. The predicted molar refractivity (Wildman–Crippen MR) is 72.4 cm³/mol. The van der Waals surface area contributed by atoms with E-state index >= 15 is 0 Å². The molecule has 0 radical (unpaired) electrons. The molecule has 0 aliphatic heterocycles. The summed E-state index contributed by atoms with van der Waals surface area (Å²) in [6.45, 7) is 5.73. The van der Waals surface area contributed by atoms with Crippen LogP contribution in [0.2, 0.25) is 0 Å². The number of carbonyl (C=O) groups is 1. The van der Waals surface area contributed by atoms with Gasteiger partial charge in [0, 0.05) is 6.54 Å². The molecule has 0 unspecified atom stereocenters. The van der Waals surface area contributed by atoms with Gasteiger partial charge in [-0.1, -0.05) is 32.9 Å². The van der Waals surface area contributed by atoms with Gasteiger partial charge in [-0.05, 0) is 23.1 Å². The van der Waals surface area contributed by atoms with Crippen LogP contribution >= 0.6 is 0 Å². The Kier molecular flexibility index (Phi) is 5.22. The lowest BCUT2D eigenvalue weighted by Gasteiger charge is -2.25. The summed E-state index contributed by atoms with van der Waals surface area (Å²) in [5.41, 5.74) is 6.08. The zero-order valence-electron chi connectivity index (χ0n) is 12.1. The molecule has 0 aromatic heterocycles. The smallest absolute Gasteiger partial charge is 0.406 e. The van der Waals surface area contributed by atoms with Crippen LogP contribution in [0.3, 0.4) is 0 Å². The lowest BCUT2D eigenvalue weighted by Crippen LogP contribution is -2.48. The van der Waals surface area contributed by atoms with Gasteiger partial charge in [0.1, 0.15) is 5.75 Å². The summed E-state index contributed by atoms with van der Waals surface area (Å²) in [6.07, 6.45) is -4.71. The minimum Gasteiger partial charge on any atom is -0.406 e. The SMILES string of the molecule is CC(C)(C)[C@@H](N)C(=O)NCc1ccc(OC(F)(F)F)cc1. The quantitative estimate of drug-likeness (QED) is 0.898. The Labute approximate surface area is 121 Å². The lowest BCUT2D eigenvalue weighted by molar-refractivity contribution is -0.274. The second-order valence-corrected chi connectivity index (χ2v) is 5.75. The average molecular weight is 304 g/mol. The molecule has 4 nitrogen and oxygen atoms in total. The van der Waals surface area contributed by atoms with Gasteiger partial charge in [-0.2, -0.15) is 0 Å². The fourth-order valence-corrected chi connectivity index (χ4v) is 1.50. The molecule has 0 bridgehead atoms. The highest BCUT2D eigenvalue weighted by Crippen LogP contribution is 2.22. The monoisotopic (exact) mass is 304 g/mol. The summed E-state index contributed by atoms with van der Waals surface area (Å²) in [4.78, 5) is 11.8. The molecule has 1 atom stereocenters. The maximum Gasteiger partial charge on any atom is 0.573 e. The van der Waals surface area contributed by atoms with E-state index in [0.717, 1.165) is 0 Å². The van der Waals surface area contributed by atoms with Gasteiger partial charge < -0.3 is 15.8 Å². The van der Waals surface area contributed by atoms with Gasteiger partial charge in [0.25, 0.3) is 0 Å². The van der Waals surface area contributed by atoms with Gasteiger partial charge in [0.15, 0.2) is 0 Å². The van der Waals surface area contributed by atoms with Crippen molar-refractivity contribution in [1.29, 1.82) is 0 Å². The Morgan fingerprint density at radius 3 is 2.19 bits per heavy atom. The van der Waals surface area contributed by atoms with Crippen molar-refractivity contribution in [3.8, 4) is 5.75 Å². The molecule has 7 heteroatoms. The standard InChI is InChI=1S/C14H19F3N2O2/c1-13(2,3)11(18)12(20)19-8-9-4-6-10(7-5-9)21-14(15,16)17/h4-7,11H,8,18H2,1-3H3,(H,19,20)/t11-/m0/s1. The average Bonchev–Trinajstić information content (AvgIpc) is 2.33. The number of carbonyl (C=O) groups excluding carboxylic acids is 1. The molecule has 0 spiro atoms. The first-order valence-corrected chi connectivity index (χ1v) is 6.37. The van der Waals surface area contributed by atoms with E-state index in [1.54, 1.807) is 0 Å². The normalized spacial score (nSPS) is 13.7. The first-order chi connectivity index (χ1) is 9.49. The molecule has 118 valence electrons. The van der Waals surface area contributed by atoms with E-state index in [1.165, 1.54) is 24.3 Å². The van der Waals surface area contributed by atoms with E-state index in [9.17, 15) is 18.0 Å². The van der Waals surface area contributed by atoms with Crippen LogP contribution in [0.25, 0.3) is 0 Å². The molecule has 1 rings (SSSR count). The number of nitrogens with two attached hydrogens (primary N) is 1. The van der Waals surface area contributed by atoms with Crippen LogP contribution < -0.4 is 15.8 Å². The maximum atomic E-state index is 12.0. The molecule has 3 N–H and O–H groups in total. The topological polar surface area (TPSA) is 64.4 Å². The number of hydrogen-bond acceptors (Lipinski definition) is 3. The van der Waals surface area contributed by atoms with Gasteiger partial charge in [0.05, 0.1) is 6.04 Å².